The van der Waals surface area contributed by atoms with Crippen LogP contribution in [0, 0.1) is 0 Å². The van der Waals surface area contributed by atoms with Gasteiger partial charge in [-0.2, -0.15) is 0 Å². The lowest BCUT2D eigenvalue weighted by molar-refractivity contribution is -0.116. The largest absolute Gasteiger partial charge is 0.399 e. The number of carbonyl (C=O) groups excluding carboxylic acids is 2. The van der Waals surface area contributed by atoms with Crippen LogP contribution in [0.1, 0.15) is 35.2 Å². The Kier molecular flexibility index (Phi) is 5.33. The molecule has 1 saturated heterocycles. The number of amides is 2. The van der Waals surface area contributed by atoms with Crippen LogP contribution >= 0.6 is 0 Å². The summed E-state index contributed by atoms with van der Waals surface area (Å²) in [6.07, 6.45) is 3.05. The number of nitrogen functional groups attached to an aromatic ring is 1. The number of anilines is 2. The second-order valence-electron chi connectivity index (χ2n) is 6.33. The van der Waals surface area contributed by atoms with Crippen molar-refractivity contribution < 1.29 is 9.59 Å². The predicted octanol–water partition coefficient (Wildman–Crippen LogP) is 3.08. The quantitative estimate of drug-likeness (QED) is 0.823. The molecule has 0 atom stereocenters. The maximum atomic E-state index is 12.4. The van der Waals surface area contributed by atoms with Crippen LogP contribution in [0.15, 0.2) is 48.5 Å². The van der Waals surface area contributed by atoms with E-state index in [0.29, 0.717) is 29.8 Å². The molecule has 0 bridgehead atoms. The highest BCUT2D eigenvalue weighted by Gasteiger charge is 2.19. The number of likely N-dealkylation sites (tertiary alicyclic amines) is 1. The second kappa shape index (κ2) is 7.83. The molecule has 0 aromatic heterocycles. The molecule has 5 heteroatoms. The summed E-state index contributed by atoms with van der Waals surface area (Å²) in [5, 5.41) is 2.87. The van der Waals surface area contributed by atoms with Crippen LogP contribution in [-0.4, -0.2) is 29.8 Å². The molecule has 3 rings (SSSR count). The third-order valence-electron chi connectivity index (χ3n) is 4.46. The van der Waals surface area contributed by atoms with Gasteiger partial charge in [0.15, 0.2) is 0 Å². The Balaban J connectivity index is 1.59. The zero-order valence-electron chi connectivity index (χ0n) is 14.2. The molecule has 0 radical (unpaired) electrons. The van der Waals surface area contributed by atoms with Crippen molar-refractivity contribution in [2.45, 2.75) is 25.7 Å². The molecule has 5 nitrogen and oxygen atoms in total. The molecule has 3 N–H and O–H groups in total. The van der Waals surface area contributed by atoms with E-state index in [1.165, 1.54) is 0 Å². The number of carbonyl (C=O) groups is 2. The van der Waals surface area contributed by atoms with Gasteiger partial charge in [0.2, 0.25) is 5.91 Å². The summed E-state index contributed by atoms with van der Waals surface area (Å²) in [6, 6.07) is 14.7. The van der Waals surface area contributed by atoms with Crippen LogP contribution < -0.4 is 11.1 Å². The van der Waals surface area contributed by atoms with Crippen LogP contribution in [0.4, 0.5) is 11.4 Å². The SMILES string of the molecule is Nc1ccccc1CCC(=O)Nc1cccc(C(=O)N2CCCC2)c1. The van der Waals surface area contributed by atoms with Crippen LogP contribution in [0.3, 0.4) is 0 Å². The Bertz CT molecular complexity index is 767. The monoisotopic (exact) mass is 337 g/mol. The third kappa shape index (κ3) is 4.38. The molecule has 0 aliphatic carbocycles. The van der Waals surface area contributed by atoms with Crippen molar-refractivity contribution in [1.82, 2.24) is 4.90 Å². The van der Waals surface area contributed by atoms with Gasteiger partial charge < -0.3 is 16.0 Å². The molecular formula is C20H23N3O2. The number of nitrogens with zero attached hydrogens (tertiary/aromatic N) is 1. The van der Waals surface area contributed by atoms with E-state index in [2.05, 4.69) is 5.32 Å². The average molecular weight is 337 g/mol. The number of para-hydroxylation sites is 1. The first-order valence-electron chi connectivity index (χ1n) is 8.66. The number of rotatable bonds is 5. The highest BCUT2D eigenvalue weighted by atomic mass is 16.2. The average Bonchev–Trinajstić information content (AvgIpc) is 3.15. The summed E-state index contributed by atoms with van der Waals surface area (Å²) < 4.78 is 0. The van der Waals surface area contributed by atoms with Crippen LogP contribution in [0.25, 0.3) is 0 Å². The normalized spacial score (nSPS) is 13.7. The zero-order valence-corrected chi connectivity index (χ0v) is 14.2. The lowest BCUT2D eigenvalue weighted by Gasteiger charge is -2.15. The maximum absolute atomic E-state index is 12.4. The molecule has 1 fully saturated rings. The van der Waals surface area contributed by atoms with E-state index in [4.69, 9.17) is 5.73 Å². The van der Waals surface area contributed by atoms with E-state index in [0.717, 1.165) is 31.5 Å². The first-order valence-corrected chi connectivity index (χ1v) is 8.66. The molecule has 2 amide bonds. The number of benzene rings is 2. The van der Waals surface area contributed by atoms with Crippen LogP contribution in [-0.2, 0) is 11.2 Å². The Morgan fingerprint density at radius 2 is 1.80 bits per heavy atom. The van der Waals surface area contributed by atoms with Crippen molar-refractivity contribution in [1.29, 1.82) is 0 Å². The smallest absolute Gasteiger partial charge is 0.253 e. The van der Waals surface area contributed by atoms with Gasteiger partial charge in [-0.25, -0.2) is 0 Å². The third-order valence-corrected chi connectivity index (χ3v) is 4.46. The minimum absolute atomic E-state index is 0.0330. The highest BCUT2D eigenvalue weighted by Crippen LogP contribution is 2.17. The Hall–Kier alpha value is -2.82. The van der Waals surface area contributed by atoms with Crippen molar-refractivity contribution >= 4 is 23.2 Å². The second-order valence-corrected chi connectivity index (χ2v) is 6.33. The lowest BCUT2D eigenvalue weighted by Crippen LogP contribution is -2.27. The molecule has 0 unspecified atom stereocenters. The fourth-order valence-corrected chi connectivity index (χ4v) is 3.07. The molecule has 130 valence electrons. The van der Waals surface area contributed by atoms with Gasteiger partial charge in [-0.1, -0.05) is 24.3 Å². The molecule has 2 aromatic rings. The van der Waals surface area contributed by atoms with E-state index in [1.807, 2.05) is 29.2 Å². The number of hydrogen-bond donors (Lipinski definition) is 2. The lowest BCUT2D eigenvalue weighted by atomic mass is 10.1. The molecule has 0 saturated carbocycles. The van der Waals surface area contributed by atoms with Crippen molar-refractivity contribution in [3.05, 3.63) is 59.7 Å². The van der Waals surface area contributed by atoms with E-state index >= 15 is 0 Å². The van der Waals surface area contributed by atoms with Gasteiger partial charge in [-0.05, 0) is 49.1 Å². The first-order chi connectivity index (χ1) is 12.1. The Morgan fingerprint density at radius 1 is 1.04 bits per heavy atom. The number of hydrogen-bond acceptors (Lipinski definition) is 3. The predicted molar refractivity (Wildman–Crippen MR) is 99.4 cm³/mol. The van der Waals surface area contributed by atoms with Gasteiger partial charge in [0.1, 0.15) is 0 Å². The summed E-state index contributed by atoms with van der Waals surface area (Å²) in [7, 11) is 0. The van der Waals surface area contributed by atoms with Crippen molar-refractivity contribution in [2.75, 3.05) is 24.1 Å². The van der Waals surface area contributed by atoms with Gasteiger partial charge in [0.05, 0.1) is 0 Å². The van der Waals surface area contributed by atoms with Gasteiger partial charge >= 0.3 is 0 Å². The number of nitrogens with two attached hydrogens (primary N) is 1. The first kappa shape index (κ1) is 17.0. The van der Waals surface area contributed by atoms with E-state index in [9.17, 15) is 9.59 Å². The maximum Gasteiger partial charge on any atom is 0.253 e. The summed E-state index contributed by atoms with van der Waals surface area (Å²) in [5.41, 5.74) is 8.84. The van der Waals surface area contributed by atoms with Gasteiger partial charge in [0.25, 0.3) is 5.91 Å². The Morgan fingerprint density at radius 3 is 2.56 bits per heavy atom. The molecule has 1 heterocycles. The number of aryl methyl sites for hydroxylation is 1. The standard InChI is InChI=1S/C20H23N3O2/c21-18-9-2-1-6-15(18)10-11-19(24)22-17-8-5-7-16(14-17)20(25)23-12-3-4-13-23/h1-2,5-9,14H,3-4,10-13,21H2,(H,22,24). The number of nitrogens with one attached hydrogen (secondary N) is 1. The Labute approximate surface area is 147 Å². The molecular weight excluding hydrogens is 314 g/mol. The van der Waals surface area contributed by atoms with Crippen LogP contribution in [0.2, 0.25) is 0 Å². The van der Waals surface area contributed by atoms with E-state index in [-0.39, 0.29) is 11.8 Å². The molecule has 2 aromatic carbocycles. The van der Waals surface area contributed by atoms with Crippen LogP contribution in [0.5, 0.6) is 0 Å². The fourth-order valence-electron chi connectivity index (χ4n) is 3.07. The summed E-state index contributed by atoms with van der Waals surface area (Å²) in [4.78, 5) is 26.5. The summed E-state index contributed by atoms with van der Waals surface area (Å²) in [6.45, 7) is 1.63. The van der Waals surface area contributed by atoms with Crippen molar-refractivity contribution in [3.63, 3.8) is 0 Å². The molecule has 0 spiro atoms. The minimum atomic E-state index is -0.0889. The van der Waals surface area contributed by atoms with Crippen molar-refractivity contribution in [2.24, 2.45) is 0 Å². The van der Waals surface area contributed by atoms with E-state index < -0.39 is 0 Å². The van der Waals surface area contributed by atoms with Gasteiger partial charge in [0, 0.05) is 36.4 Å². The van der Waals surface area contributed by atoms with Crippen molar-refractivity contribution in [3.8, 4) is 0 Å². The highest BCUT2D eigenvalue weighted by molar-refractivity contribution is 5.97. The van der Waals surface area contributed by atoms with E-state index in [1.54, 1.807) is 24.3 Å². The van der Waals surface area contributed by atoms with Gasteiger partial charge in [-0.3, -0.25) is 9.59 Å². The molecule has 1 aliphatic rings. The van der Waals surface area contributed by atoms with Gasteiger partial charge in [-0.15, -0.1) is 0 Å². The molecule has 1 aliphatic heterocycles. The fraction of sp³-hybridized carbons (Fsp3) is 0.300. The summed E-state index contributed by atoms with van der Waals surface area (Å²) in [5.74, 6) is -0.0558. The topological polar surface area (TPSA) is 75.4 Å². The summed E-state index contributed by atoms with van der Waals surface area (Å²) >= 11 is 0. The minimum Gasteiger partial charge on any atom is -0.399 e. The zero-order chi connectivity index (χ0) is 17.6. The molecule has 25 heavy (non-hydrogen) atoms.